The number of allylic oxidation sites excluding steroid dienone is 1. The molecular weight excluding hydrogens is 479 g/mol. The summed E-state index contributed by atoms with van der Waals surface area (Å²) in [6, 6.07) is 9.46. The van der Waals surface area contributed by atoms with Crippen molar-refractivity contribution in [3.63, 3.8) is 0 Å². The first-order chi connectivity index (χ1) is 17.0. The van der Waals surface area contributed by atoms with Gasteiger partial charge in [0.15, 0.2) is 0 Å². The predicted octanol–water partition coefficient (Wildman–Crippen LogP) is 3.65. The largest absolute Gasteiger partial charge is 0.462 e. The van der Waals surface area contributed by atoms with Crippen molar-refractivity contribution >= 4 is 23.6 Å². The Balaban J connectivity index is 2.25. The second-order valence-corrected chi connectivity index (χ2v) is 7.76. The van der Waals surface area contributed by atoms with Crippen molar-refractivity contribution in [3.05, 3.63) is 76.5 Å². The number of hydrogen-bond acceptors (Lipinski definition) is 6. The van der Waals surface area contributed by atoms with Crippen LogP contribution in [-0.2, 0) is 15.7 Å². The number of esters is 1. The number of rotatable bonds is 6. The summed E-state index contributed by atoms with van der Waals surface area (Å²) in [5, 5.41) is 26.8. The van der Waals surface area contributed by atoms with Crippen LogP contribution in [0.1, 0.15) is 36.1 Å². The topological polar surface area (TPSA) is 144 Å². The van der Waals surface area contributed by atoms with E-state index in [4.69, 9.17) is 26.2 Å². The lowest BCUT2D eigenvalue weighted by Crippen LogP contribution is -2.55. The van der Waals surface area contributed by atoms with E-state index in [-0.39, 0.29) is 36.6 Å². The lowest BCUT2D eigenvalue weighted by Gasteiger charge is -2.43. The summed E-state index contributed by atoms with van der Waals surface area (Å²) in [6.45, 7) is 0.995. The number of nitriles is 1. The molecule has 1 heterocycles. The highest BCUT2D eigenvalue weighted by Crippen LogP contribution is 2.41. The quantitative estimate of drug-likeness (QED) is 0.407. The zero-order valence-electron chi connectivity index (χ0n) is 19.0. The third kappa shape index (κ3) is 5.16. The van der Waals surface area contributed by atoms with Crippen LogP contribution in [0.15, 0.2) is 59.8 Å². The Morgan fingerprint density at radius 3 is 2.44 bits per heavy atom. The van der Waals surface area contributed by atoms with Crippen LogP contribution in [0.2, 0.25) is 0 Å². The molecule has 0 aromatic heterocycles. The molecule has 0 radical (unpaired) electrons. The molecule has 188 valence electrons. The van der Waals surface area contributed by atoms with Gasteiger partial charge < -0.3 is 15.6 Å². The van der Waals surface area contributed by atoms with E-state index in [1.165, 1.54) is 37.3 Å². The van der Waals surface area contributed by atoms with Crippen LogP contribution < -0.4 is 10.6 Å². The lowest BCUT2D eigenvalue weighted by atomic mass is 9.92. The summed E-state index contributed by atoms with van der Waals surface area (Å²) in [5.41, 5.74) is 4.98. The van der Waals surface area contributed by atoms with E-state index >= 15 is 0 Å². The van der Waals surface area contributed by atoms with Crippen LogP contribution in [0, 0.1) is 16.7 Å². The number of nitrogens with one attached hydrogen (secondary N) is 1. The number of ether oxygens (including phenoxy) is 1. The van der Waals surface area contributed by atoms with E-state index in [0.29, 0.717) is 11.1 Å². The van der Waals surface area contributed by atoms with E-state index in [0.717, 1.165) is 28.0 Å². The van der Waals surface area contributed by atoms with Crippen molar-refractivity contribution in [1.29, 1.82) is 10.7 Å². The number of aliphatic hydroxyl groups is 1. The van der Waals surface area contributed by atoms with Crippen LogP contribution in [0.5, 0.6) is 0 Å². The molecule has 0 bridgehead atoms. The van der Waals surface area contributed by atoms with Crippen LogP contribution in [0.3, 0.4) is 0 Å². The van der Waals surface area contributed by atoms with Gasteiger partial charge in [0.25, 0.3) is 0 Å². The molecule has 0 unspecified atom stereocenters. The zero-order valence-corrected chi connectivity index (χ0v) is 19.0. The average Bonchev–Trinajstić information content (AvgIpc) is 2.83. The summed E-state index contributed by atoms with van der Waals surface area (Å²) in [6.07, 6.45) is -4.54. The number of hydrogen-bond donors (Lipinski definition) is 3. The smallest absolute Gasteiger partial charge is 0.416 e. The van der Waals surface area contributed by atoms with E-state index in [9.17, 15) is 22.8 Å². The standard InChI is InChI=1S/C24H22F3N5O4/c1-14-19(21(34)36-11-3-10-33)20(16-8-6-15(13-28)7-9-16)32(23(30)35)22(29)31(14)18-5-2-4-17(12-18)24(25,26)27/h2,4-9,12,20,29,33H,3,10-11H2,1H3,(H2,30,35)/t20-/m1/s1. The first-order valence-corrected chi connectivity index (χ1v) is 10.6. The minimum Gasteiger partial charge on any atom is -0.462 e. The summed E-state index contributed by atoms with van der Waals surface area (Å²) < 4.78 is 45.4. The Labute approximate surface area is 204 Å². The molecule has 9 nitrogen and oxygen atoms in total. The highest BCUT2D eigenvalue weighted by Gasteiger charge is 2.44. The van der Waals surface area contributed by atoms with E-state index in [1.807, 2.05) is 6.07 Å². The monoisotopic (exact) mass is 501 g/mol. The van der Waals surface area contributed by atoms with Crippen LogP contribution in [0.25, 0.3) is 0 Å². The third-order valence-corrected chi connectivity index (χ3v) is 5.48. The molecule has 0 saturated carbocycles. The summed E-state index contributed by atoms with van der Waals surface area (Å²) in [4.78, 5) is 27.5. The normalized spacial score (nSPS) is 16.1. The first kappa shape index (κ1) is 26.2. The number of nitrogens with zero attached hydrogens (tertiary/aromatic N) is 3. The molecule has 2 amide bonds. The van der Waals surface area contributed by atoms with Gasteiger partial charge in [-0.15, -0.1) is 0 Å². The van der Waals surface area contributed by atoms with Crippen LogP contribution in [-0.4, -0.2) is 41.2 Å². The second-order valence-electron chi connectivity index (χ2n) is 7.76. The Kier molecular flexibility index (Phi) is 7.65. The highest BCUT2D eigenvalue weighted by molar-refractivity contribution is 6.10. The van der Waals surface area contributed by atoms with Crippen LogP contribution in [0.4, 0.5) is 23.7 Å². The highest BCUT2D eigenvalue weighted by atomic mass is 19.4. The minimum absolute atomic E-state index is 0.0418. The summed E-state index contributed by atoms with van der Waals surface area (Å²) in [5.74, 6) is -1.49. The SMILES string of the molecule is CC1=C(C(=O)OCCCO)[C@@H](c2ccc(C#N)cc2)N(C(N)=O)C(=N)N1c1cccc(C(F)(F)F)c1. The second kappa shape index (κ2) is 10.5. The number of guanidine groups is 1. The fraction of sp³-hybridized carbons (Fsp3) is 0.250. The van der Waals surface area contributed by atoms with E-state index in [2.05, 4.69) is 0 Å². The van der Waals surface area contributed by atoms with Gasteiger partial charge in [0.05, 0.1) is 29.4 Å². The number of aliphatic hydroxyl groups excluding tert-OH is 1. The Bertz CT molecular complexity index is 1250. The van der Waals surface area contributed by atoms with E-state index in [1.54, 1.807) is 0 Å². The molecule has 0 spiro atoms. The first-order valence-electron chi connectivity index (χ1n) is 10.6. The van der Waals surface area contributed by atoms with Crippen molar-refractivity contribution < 1.29 is 32.6 Å². The number of carbonyl (C=O) groups excluding carboxylic acids is 2. The Hall–Kier alpha value is -4.37. The van der Waals surface area contributed by atoms with Crippen molar-refractivity contribution in [1.82, 2.24) is 4.90 Å². The number of primary amides is 1. The number of halogens is 3. The number of anilines is 1. The molecule has 2 aromatic carbocycles. The predicted molar refractivity (Wildman–Crippen MR) is 122 cm³/mol. The van der Waals surface area contributed by atoms with Gasteiger partial charge in [0, 0.05) is 24.4 Å². The number of benzene rings is 2. The molecule has 1 aliphatic heterocycles. The molecule has 36 heavy (non-hydrogen) atoms. The Morgan fingerprint density at radius 1 is 1.22 bits per heavy atom. The molecular formula is C24H22F3N5O4. The molecule has 1 atom stereocenters. The number of carbonyl (C=O) groups is 2. The molecule has 12 heteroatoms. The maximum Gasteiger partial charge on any atom is 0.416 e. The number of alkyl halides is 3. The maximum absolute atomic E-state index is 13.4. The van der Waals surface area contributed by atoms with Gasteiger partial charge in [0.2, 0.25) is 5.96 Å². The number of amides is 2. The lowest BCUT2D eigenvalue weighted by molar-refractivity contribution is -0.140. The maximum atomic E-state index is 13.4. The van der Waals surface area contributed by atoms with Crippen molar-refractivity contribution in [2.75, 3.05) is 18.1 Å². The number of nitrogens with two attached hydrogens (primary N) is 1. The van der Waals surface area contributed by atoms with Gasteiger partial charge in [0.1, 0.15) is 6.04 Å². The number of urea groups is 1. The fourth-order valence-corrected chi connectivity index (χ4v) is 3.83. The molecule has 3 rings (SSSR count). The van der Waals surface area contributed by atoms with Gasteiger partial charge in [-0.05, 0) is 42.8 Å². The van der Waals surface area contributed by atoms with Crippen molar-refractivity contribution in [2.45, 2.75) is 25.6 Å². The van der Waals surface area contributed by atoms with E-state index < -0.39 is 35.7 Å². The molecule has 0 saturated heterocycles. The zero-order chi connectivity index (χ0) is 26.6. The van der Waals surface area contributed by atoms with Gasteiger partial charge in [-0.25, -0.2) is 9.59 Å². The van der Waals surface area contributed by atoms with Crippen molar-refractivity contribution in [3.8, 4) is 6.07 Å². The molecule has 0 fully saturated rings. The van der Waals surface area contributed by atoms with Crippen LogP contribution >= 0.6 is 0 Å². The fourth-order valence-electron chi connectivity index (χ4n) is 3.83. The molecule has 0 aliphatic carbocycles. The Morgan fingerprint density at radius 2 is 1.89 bits per heavy atom. The van der Waals surface area contributed by atoms with Gasteiger partial charge in [-0.2, -0.15) is 18.4 Å². The van der Waals surface area contributed by atoms with Gasteiger partial charge in [-0.1, -0.05) is 18.2 Å². The van der Waals surface area contributed by atoms with Gasteiger partial charge >= 0.3 is 18.2 Å². The summed E-state index contributed by atoms with van der Waals surface area (Å²) in [7, 11) is 0. The molecule has 1 aliphatic rings. The molecule has 2 aromatic rings. The van der Waals surface area contributed by atoms with Crippen molar-refractivity contribution in [2.24, 2.45) is 5.73 Å². The minimum atomic E-state index is -4.67. The summed E-state index contributed by atoms with van der Waals surface area (Å²) >= 11 is 0. The average molecular weight is 501 g/mol. The molecule has 4 N–H and O–H groups in total. The van der Waals surface area contributed by atoms with Gasteiger partial charge in [-0.3, -0.25) is 15.2 Å². The third-order valence-electron chi connectivity index (χ3n) is 5.48.